The number of carbonyl (C=O) groups excluding carboxylic acids is 1. The molecule has 0 aromatic heterocycles. The maximum absolute atomic E-state index is 10.7. The fourth-order valence-electron chi connectivity index (χ4n) is 0.660. The zero-order chi connectivity index (χ0) is 9.61. The fourth-order valence-corrected chi connectivity index (χ4v) is 0.660. The van der Waals surface area contributed by atoms with Crippen molar-refractivity contribution in [2.45, 2.75) is 19.6 Å². The van der Waals surface area contributed by atoms with Gasteiger partial charge in [0.2, 0.25) is 5.79 Å². The Morgan fingerprint density at radius 1 is 1.67 bits per heavy atom. The Morgan fingerprint density at radius 3 is 2.58 bits per heavy atom. The topological polar surface area (TPSA) is 55.4 Å². The molecule has 1 atom stereocenters. The second kappa shape index (κ2) is 4.90. The van der Waals surface area contributed by atoms with Gasteiger partial charge in [-0.05, 0) is 6.92 Å². The predicted octanol–water partition coefficient (Wildman–Crippen LogP) is 0.899. The van der Waals surface area contributed by atoms with Crippen molar-refractivity contribution in [1.82, 2.24) is 0 Å². The van der Waals surface area contributed by atoms with Crippen LogP contribution in [0, 0.1) is 0 Å². The molecule has 0 N–H and O–H groups in total. The zero-order valence-electron chi connectivity index (χ0n) is 7.33. The third kappa shape index (κ3) is 3.50. The highest BCUT2D eigenvalue weighted by Gasteiger charge is 2.28. The maximum Gasteiger partial charge on any atom is 0.332 e. The molecule has 0 aliphatic rings. The van der Waals surface area contributed by atoms with E-state index in [4.69, 9.17) is 4.74 Å². The molecule has 0 spiro atoms. The van der Waals surface area contributed by atoms with Crippen LogP contribution in [-0.4, -0.2) is 25.0 Å². The normalized spacial score (nSPS) is 14.9. The van der Waals surface area contributed by atoms with Crippen molar-refractivity contribution >= 4 is 5.97 Å². The van der Waals surface area contributed by atoms with Crippen molar-refractivity contribution in [3.05, 3.63) is 12.7 Å². The molecule has 0 aliphatic heterocycles. The summed E-state index contributed by atoms with van der Waals surface area (Å²) in [7, 11) is 0. The Morgan fingerprint density at radius 2 is 2.25 bits per heavy atom. The van der Waals surface area contributed by atoms with Gasteiger partial charge in [0, 0.05) is 19.6 Å². The van der Waals surface area contributed by atoms with E-state index in [1.807, 2.05) is 0 Å². The van der Waals surface area contributed by atoms with Gasteiger partial charge in [-0.15, -0.1) is 0 Å². The van der Waals surface area contributed by atoms with Crippen LogP contribution in [0.15, 0.2) is 12.7 Å². The first-order valence-corrected chi connectivity index (χ1v) is 3.65. The summed E-state index contributed by atoms with van der Waals surface area (Å²) in [6, 6.07) is 0. The molecular formula is C8H13O4. The van der Waals surface area contributed by atoms with Gasteiger partial charge in [0.25, 0.3) is 0 Å². The molecule has 1 radical (unpaired) electrons. The summed E-state index contributed by atoms with van der Waals surface area (Å²) >= 11 is 0. The fraction of sp³-hybridized carbons (Fsp3) is 0.625. The van der Waals surface area contributed by atoms with E-state index in [0.717, 1.165) is 6.08 Å². The van der Waals surface area contributed by atoms with Crippen molar-refractivity contribution in [3.8, 4) is 0 Å². The molecule has 0 heterocycles. The van der Waals surface area contributed by atoms with E-state index < -0.39 is 18.4 Å². The molecule has 0 aromatic carbocycles. The zero-order valence-corrected chi connectivity index (χ0v) is 7.33. The van der Waals surface area contributed by atoms with E-state index in [9.17, 15) is 9.90 Å². The highest BCUT2D eigenvalue weighted by atomic mass is 16.7. The minimum atomic E-state index is -1.36. The maximum atomic E-state index is 10.7. The van der Waals surface area contributed by atoms with E-state index >= 15 is 0 Å². The highest BCUT2D eigenvalue weighted by Crippen LogP contribution is 2.11. The molecule has 0 saturated heterocycles. The first-order chi connectivity index (χ1) is 5.58. The lowest BCUT2D eigenvalue weighted by atomic mass is 10.3. The summed E-state index contributed by atoms with van der Waals surface area (Å²) < 4.78 is 9.63. The van der Waals surface area contributed by atoms with Crippen LogP contribution in [0.5, 0.6) is 0 Å². The van der Waals surface area contributed by atoms with Gasteiger partial charge in [0.15, 0.2) is 0 Å². The van der Waals surface area contributed by atoms with Gasteiger partial charge in [-0.1, -0.05) is 6.58 Å². The SMILES string of the molecule is C=CC(=O)OC(C)(C[O])OCC. The van der Waals surface area contributed by atoms with E-state index in [2.05, 4.69) is 11.3 Å². The summed E-state index contributed by atoms with van der Waals surface area (Å²) in [5.41, 5.74) is 0. The van der Waals surface area contributed by atoms with Gasteiger partial charge < -0.3 is 9.47 Å². The monoisotopic (exact) mass is 173 g/mol. The third-order valence-corrected chi connectivity index (χ3v) is 1.20. The van der Waals surface area contributed by atoms with Crippen molar-refractivity contribution in [2.24, 2.45) is 0 Å². The van der Waals surface area contributed by atoms with Gasteiger partial charge in [-0.2, -0.15) is 0 Å². The van der Waals surface area contributed by atoms with E-state index in [-0.39, 0.29) is 0 Å². The lowest BCUT2D eigenvalue weighted by molar-refractivity contribution is -0.238. The van der Waals surface area contributed by atoms with Gasteiger partial charge in [-0.3, -0.25) is 0 Å². The van der Waals surface area contributed by atoms with Gasteiger partial charge in [0.1, 0.15) is 6.61 Å². The first-order valence-electron chi connectivity index (χ1n) is 3.65. The largest absolute Gasteiger partial charge is 0.428 e. The third-order valence-electron chi connectivity index (χ3n) is 1.20. The van der Waals surface area contributed by atoms with Crippen LogP contribution in [0.3, 0.4) is 0 Å². The lowest BCUT2D eigenvalue weighted by Gasteiger charge is -2.25. The summed E-state index contributed by atoms with van der Waals surface area (Å²) in [5, 5.41) is 10.6. The van der Waals surface area contributed by atoms with E-state index in [0.29, 0.717) is 6.61 Å². The van der Waals surface area contributed by atoms with Crippen LogP contribution in [0.2, 0.25) is 0 Å². The smallest absolute Gasteiger partial charge is 0.332 e. The number of carbonyl (C=O) groups is 1. The van der Waals surface area contributed by atoms with Crippen molar-refractivity contribution < 1.29 is 19.4 Å². The summed E-state index contributed by atoms with van der Waals surface area (Å²) in [4.78, 5) is 10.7. The first kappa shape index (κ1) is 11.1. The standard InChI is InChI=1S/C8H13O4/c1-4-7(10)12-8(3,6-9)11-5-2/h4H,1,5-6H2,2-3H3. The quantitative estimate of drug-likeness (QED) is 0.352. The van der Waals surface area contributed by atoms with Crippen molar-refractivity contribution in [1.29, 1.82) is 0 Å². The molecule has 12 heavy (non-hydrogen) atoms. The van der Waals surface area contributed by atoms with Crippen molar-refractivity contribution in [2.75, 3.05) is 13.2 Å². The Kier molecular flexibility index (Phi) is 4.54. The Bertz CT molecular complexity index is 166. The number of rotatable bonds is 5. The molecule has 0 aliphatic carbocycles. The molecule has 4 heteroatoms. The molecule has 69 valence electrons. The Balaban J connectivity index is 4.12. The van der Waals surface area contributed by atoms with Crippen LogP contribution >= 0.6 is 0 Å². The molecule has 4 nitrogen and oxygen atoms in total. The molecule has 0 saturated carbocycles. The average Bonchev–Trinajstić information content (AvgIpc) is 2.05. The predicted molar refractivity (Wildman–Crippen MR) is 41.9 cm³/mol. The van der Waals surface area contributed by atoms with Crippen LogP contribution < -0.4 is 0 Å². The minimum absolute atomic E-state index is 0.323. The van der Waals surface area contributed by atoms with Crippen LogP contribution in [0.25, 0.3) is 0 Å². The average molecular weight is 173 g/mol. The Labute approximate surface area is 71.8 Å². The van der Waals surface area contributed by atoms with E-state index in [1.165, 1.54) is 6.92 Å². The summed E-state index contributed by atoms with van der Waals surface area (Å²) in [6.07, 6.45) is 0.993. The second-order valence-electron chi connectivity index (χ2n) is 2.34. The molecule has 1 unspecified atom stereocenters. The summed E-state index contributed by atoms with van der Waals surface area (Å²) in [6.45, 7) is 6.04. The number of hydrogen-bond donors (Lipinski definition) is 0. The highest BCUT2D eigenvalue weighted by molar-refractivity contribution is 5.81. The number of ether oxygens (including phenoxy) is 2. The molecule has 0 aromatic rings. The number of hydrogen-bond acceptors (Lipinski definition) is 3. The lowest BCUT2D eigenvalue weighted by Crippen LogP contribution is -2.37. The summed E-state index contributed by atoms with van der Waals surface area (Å²) in [5.74, 6) is -2.01. The number of esters is 1. The second-order valence-corrected chi connectivity index (χ2v) is 2.34. The van der Waals surface area contributed by atoms with Gasteiger partial charge in [0.05, 0.1) is 0 Å². The molecule has 0 bridgehead atoms. The van der Waals surface area contributed by atoms with Crippen LogP contribution in [0.4, 0.5) is 0 Å². The van der Waals surface area contributed by atoms with E-state index in [1.54, 1.807) is 6.92 Å². The molecule has 0 fully saturated rings. The van der Waals surface area contributed by atoms with Gasteiger partial charge in [-0.25, -0.2) is 9.90 Å². The molecule has 0 rings (SSSR count). The van der Waals surface area contributed by atoms with Crippen molar-refractivity contribution in [3.63, 3.8) is 0 Å². The van der Waals surface area contributed by atoms with Gasteiger partial charge >= 0.3 is 5.97 Å². The van der Waals surface area contributed by atoms with Crippen LogP contribution in [-0.2, 0) is 19.4 Å². The Hall–Kier alpha value is -0.870. The molecule has 0 amide bonds. The molecular weight excluding hydrogens is 160 g/mol. The van der Waals surface area contributed by atoms with Crippen LogP contribution in [0.1, 0.15) is 13.8 Å². The minimum Gasteiger partial charge on any atom is -0.428 e.